The smallest absolute Gasteiger partial charge is 0.254 e. The molecule has 1 fully saturated rings. The molecule has 0 radical (unpaired) electrons. The van der Waals surface area contributed by atoms with Gasteiger partial charge >= 0.3 is 0 Å². The highest BCUT2D eigenvalue weighted by Crippen LogP contribution is 2.41. The molecule has 3 aromatic carbocycles. The van der Waals surface area contributed by atoms with Crippen LogP contribution in [0.2, 0.25) is 0 Å². The summed E-state index contributed by atoms with van der Waals surface area (Å²) in [4.78, 5) is 27.1. The Morgan fingerprint density at radius 1 is 0.969 bits per heavy atom. The van der Waals surface area contributed by atoms with Gasteiger partial charge in [0.1, 0.15) is 5.75 Å². The summed E-state index contributed by atoms with van der Waals surface area (Å²) in [6, 6.07) is 17.5. The zero-order valence-corrected chi connectivity index (χ0v) is 17.9. The van der Waals surface area contributed by atoms with E-state index < -0.39 is 5.91 Å². The minimum Gasteiger partial charge on any atom is -0.497 e. The van der Waals surface area contributed by atoms with E-state index in [0.717, 1.165) is 39.1 Å². The summed E-state index contributed by atoms with van der Waals surface area (Å²) in [7, 11) is 1.63. The molecule has 3 aromatic rings. The fraction of sp³-hybridized carbons (Fsp3) is 0.231. The lowest BCUT2D eigenvalue weighted by atomic mass is 9.94. The Morgan fingerprint density at radius 3 is 2.53 bits per heavy atom. The van der Waals surface area contributed by atoms with Crippen LogP contribution in [0.5, 0.6) is 5.75 Å². The van der Waals surface area contributed by atoms with Crippen molar-refractivity contribution in [1.82, 2.24) is 4.90 Å². The molecule has 1 aliphatic heterocycles. The molecule has 6 nitrogen and oxygen atoms in total. The summed E-state index contributed by atoms with van der Waals surface area (Å²) < 4.78 is 10.7. The van der Waals surface area contributed by atoms with Gasteiger partial charge < -0.3 is 20.1 Å². The van der Waals surface area contributed by atoms with Gasteiger partial charge in [0.05, 0.1) is 20.3 Å². The number of carbonyl (C=O) groups is 2. The standard InChI is InChI=1S/C26H24N2O4/c1-31-20-4-2-3-16(12-20)18-13-22-21-6-5-17(26(30)28-7-9-32-10-8-28)11-19(21)15-23(22)24(14-18)25(27)29/h2-6,11-14H,7-10,15H2,1H3,(H2,27,29). The molecule has 1 heterocycles. The Labute approximate surface area is 186 Å². The second-order valence-corrected chi connectivity index (χ2v) is 8.10. The van der Waals surface area contributed by atoms with Gasteiger partial charge in [-0.3, -0.25) is 9.59 Å². The predicted molar refractivity (Wildman–Crippen MR) is 122 cm³/mol. The molecule has 6 heteroatoms. The monoisotopic (exact) mass is 428 g/mol. The van der Waals surface area contributed by atoms with Crippen molar-refractivity contribution in [3.63, 3.8) is 0 Å². The van der Waals surface area contributed by atoms with E-state index in [4.69, 9.17) is 15.2 Å². The molecule has 0 spiro atoms. The molecule has 2 N–H and O–H groups in total. The number of ether oxygens (including phenoxy) is 2. The van der Waals surface area contributed by atoms with Crippen LogP contribution in [-0.4, -0.2) is 50.1 Å². The minimum absolute atomic E-state index is 0.0132. The van der Waals surface area contributed by atoms with E-state index in [2.05, 4.69) is 6.07 Å². The topological polar surface area (TPSA) is 81.9 Å². The summed E-state index contributed by atoms with van der Waals surface area (Å²) in [6.45, 7) is 2.34. The number of nitrogens with two attached hydrogens (primary N) is 1. The first kappa shape index (κ1) is 20.3. The van der Waals surface area contributed by atoms with Gasteiger partial charge in [-0.05, 0) is 76.2 Å². The Bertz CT molecular complexity index is 1230. The van der Waals surface area contributed by atoms with Crippen LogP contribution in [0.4, 0.5) is 0 Å². The van der Waals surface area contributed by atoms with Crippen molar-refractivity contribution >= 4 is 11.8 Å². The van der Waals surface area contributed by atoms with Crippen molar-refractivity contribution < 1.29 is 19.1 Å². The Kier molecular flexibility index (Phi) is 5.15. The second-order valence-electron chi connectivity index (χ2n) is 8.10. The molecule has 0 unspecified atom stereocenters. The molecule has 0 saturated carbocycles. The Morgan fingerprint density at radius 2 is 1.78 bits per heavy atom. The maximum atomic E-state index is 12.9. The van der Waals surface area contributed by atoms with Crippen LogP contribution in [0, 0.1) is 0 Å². The van der Waals surface area contributed by atoms with E-state index in [9.17, 15) is 9.59 Å². The maximum absolute atomic E-state index is 12.9. The van der Waals surface area contributed by atoms with Gasteiger partial charge in [-0.15, -0.1) is 0 Å². The van der Waals surface area contributed by atoms with Crippen LogP contribution in [0.25, 0.3) is 22.3 Å². The van der Waals surface area contributed by atoms with Gasteiger partial charge in [-0.2, -0.15) is 0 Å². The molecular weight excluding hydrogens is 404 g/mol. The number of nitrogens with zero attached hydrogens (tertiary/aromatic N) is 1. The van der Waals surface area contributed by atoms with Crippen molar-refractivity contribution in [1.29, 1.82) is 0 Å². The van der Waals surface area contributed by atoms with Crippen LogP contribution in [0.15, 0.2) is 54.6 Å². The summed E-state index contributed by atoms with van der Waals surface area (Å²) >= 11 is 0. The Balaban J connectivity index is 1.56. The summed E-state index contributed by atoms with van der Waals surface area (Å²) in [6.07, 6.45) is 0.575. The quantitative estimate of drug-likeness (QED) is 0.539. The van der Waals surface area contributed by atoms with Gasteiger partial charge in [0.25, 0.3) is 5.91 Å². The highest BCUT2D eigenvalue weighted by molar-refractivity contribution is 6.01. The first-order valence-electron chi connectivity index (χ1n) is 10.7. The molecule has 32 heavy (non-hydrogen) atoms. The molecule has 162 valence electrons. The third-order valence-electron chi connectivity index (χ3n) is 6.23. The fourth-order valence-corrected chi connectivity index (χ4v) is 4.57. The molecule has 0 bridgehead atoms. The van der Waals surface area contributed by atoms with Crippen molar-refractivity contribution in [3.8, 4) is 28.0 Å². The van der Waals surface area contributed by atoms with E-state index in [-0.39, 0.29) is 5.91 Å². The van der Waals surface area contributed by atoms with Crippen LogP contribution in [0.3, 0.4) is 0 Å². The van der Waals surface area contributed by atoms with E-state index in [0.29, 0.717) is 43.9 Å². The van der Waals surface area contributed by atoms with E-state index in [1.807, 2.05) is 53.4 Å². The highest BCUT2D eigenvalue weighted by Gasteiger charge is 2.26. The van der Waals surface area contributed by atoms with Gasteiger partial charge in [0, 0.05) is 24.2 Å². The van der Waals surface area contributed by atoms with Crippen molar-refractivity contribution in [2.45, 2.75) is 6.42 Å². The molecule has 0 atom stereocenters. The Hall–Kier alpha value is -3.64. The highest BCUT2D eigenvalue weighted by atomic mass is 16.5. The summed E-state index contributed by atoms with van der Waals surface area (Å²) in [5.74, 6) is 0.304. The summed E-state index contributed by atoms with van der Waals surface area (Å²) in [5.41, 5.74) is 12.7. The molecule has 2 aliphatic rings. The number of rotatable bonds is 4. The number of benzene rings is 3. The molecule has 2 amide bonds. The molecule has 0 aromatic heterocycles. The number of carbonyl (C=O) groups excluding carboxylic acids is 2. The number of primary amides is 1. The van der Waals surface area contributed by atoms with E-state index in [1.165, 1.54) is 0 Å². The zero-order valence-electron chi connectivity index (χ0n) is 17.9. The lowest BCUT2D eigenvalue weighted by molar-refractivity contribution is 0.0303. The van der Waals surface area contributed by atoms with Crippen LogP contribution in [0.1, 0.15) is 31.8 Å². The third-order valence-corrected chi connectivity index (χ3v) is 6.23. The number of morpholine rings is 1. The molecule has 1 aliphatic carbocycles. The van der Waals surface area contributed by atoms with Crippen LogP contribution >= 0.6 is 0 Å². The largest absolute Gasteiger partial charge is 0.497 e. The molecular formula is C26H24N2O4. The number of amides is 2. The minimum atomic E-state index is -0.455. The third kappa shape index (κ3) is 3.52. The number of fused-ring (bicyclic) bond motifs is 3. The zero-order chi connectivity index (χ0) is 22.2. The molecule has 5 rings (SSSR count). The lowest BCUT2D eigenvalue weighted by Gasteiger charge is -2.27. The number of hydrogen-bond acceptors (Lipinski definition) is 4. The first-order chi connectivity index (χ1) is 15.5. The predicted octanol–water partition coefficient (Wildman–Crippen LogP) is 3.50. The molecule has 1 saturated heterocycles. The number of methoxy groups -OCH3 is 1. The second kappa shape index (κ2) is 8.13. The van der Waals surface area contributed by atoms with Crippen molar-refractivity contribution in [2.75, 3.05) is 33.4 Å². The van der Waals surface area contributed by atoms with Crippen molar-refractivity contribution in [2.24, 2.45) is 5.73 Å². The van der Waals surface area contributed by atoms with E-state index >= 15 is 0 Å². The van der Waals surface area contributed by atoms with Crippen molar-refractivity contribution in [3.05, 3.63) is 76.9 Å². The van der Waals surface area contributed by atoms with E-state index in [1.54, 1.807) is 7.11 Å². The fourth-order valence-electron chi connectivity index (χ4n) is 4.57. The summed E-state index contributed by atoms with van der Waals surface area (Å²) in [5, 5.41) is 0. The SMILES string of the molecule is COc1cccc(-c2cc(C(N)=O)c3c(c2)-c2ccc(C(=O)N4CCOCC4)cc2C3)c1. The maximum Gasteiger partial charge on any atom is 0.254 e. The van der Waals surface area contributed by atoms with Gasteiger partial charge in [-0.25, -0.2) is 0 Å². The normalized spacial score (nSPS) is 14.6. The van der Waals surface area contributed by atoms with Gasteiger partial charge in [-0.1, -0.05) is 18.2 Å². The number of hydrogen-bond donors (Lipinski definition) is 1. The average Bonchev–Trinajstić information content (AvgIpc) is 3.21. The van der Waals surface area contributed by atoms with Gasteiger partial charge in [0.15, 0.2) is 0 Å². The first-order valence-corrected chi connectivity index (χ1v) is 10.7. The van der Waals surface area contributed by atoms with Crippen LogP contribution < -0.4 is 10.5 Å². The average molecular weight is 428 g/mol. The lowest BCUT2D eigenvalue weighted by Crippen LogP contribution is -2.40. The van der Waals surface area contributed by atoms with Crippen LogP contribution in [-0.2, 0) is 11.2 Å². The van der Waals surface area contributed by atoms with Gasteiger partial charge in [0.2, 0.25) is 5.91 Å².